The summed E-state index contributed by atoms with van der Waals surface area (Å²) in [6.07, 6.45) is 16.8. The normalized spacial score (nSPS) is 38.9. The van der Waals surface area contributed by atoms with Gasteiger partial charge < -0.3 is 10.2 Å². The Morgan fingerprint density at radius 1 is 0.943 bits per heavy atom. The van der Waals surface area contributed by atoms with E-state index in [4.69, 9.17) is 0 Å². The van der Waals surface area contributed by atoms with E-state index < -0.39 is 0 Å². The Kier molecular flexibility index (Phi) is 5.32. The van der Waals surface area contributed by atoms with Crippen LogP contribution >= 0.6 is 0 Å². The molecule has 0 amide bonds. The molecule has 1 aromatic carbocycles. The van der Waals surface area contributed by atoms with Crippen molar-refractivity contribution in [1.29, 1.82) is 0 Å². The molecule has 2 unspecified atom stereocenters. The molecule has 1 spiro atoms. The topological polar surface area (TPSA) is 32.3 Å². The van der Waals surface area contributed by atoms with Gasteiger partial charge in [-0.15, -0.1) is 0 Å². The van der Waals surface area contributed by atoms with E-state index in [1.807, 2.05) is 6.08 Å². The van der Waals surface area contributed by atoms with Crippen LogP contribution in [0.4, 0.5) is 5.69 Å². The summed E-state index contributed by atoms with van der Waals surface area (Å²) < 4.78 is 0. The fraction of sp³-hybridized carbons (Fsp3) is 0.656. The lowest BCUT2D eigenvalue weighted by atomic mass is 9.50. The quantitative estimate of drug-likeness (QED) is 0.522. The molecule has 7 rings (SSSR count). The van der Waals surface area contributed by atoms with Gasteiger partial charge in [-0.2, -0.15) is 0 Å². The van der Waals surface area contributed by atoms with Gasteiger partial charge >= 0.3 is 0 Å². The first kappa shape index (κ1) is 22.3. The summed E-state index contributed by atoms with van der Waals surface area (Å²) in [6, 6.07) is 9.77. The minimum absolute atomic E-state index is 0.346. The zero-order valence-corrected chi connectivity index (χ0v) is 21.6. The van der Waals surface area contributed by atoms with Crippen LogP contribution in [-0.4, -0.2) is 31.0 Å². The van der Waals surface area contributed by atoms with Gasteiger partial charge in [-0.25, -0.2) is 0 Å². The third-order valence-electron chi connectivity index (χ3n) is 11.4. The van der Waals surface area contributed by atoms with Crippen molar-refractivity contribution in [2.24, 2.45) is 17.3 Å². The first-order valence-electron chi connectivity index (χ1n) is 14.6. The number of rotatable bonds is 2. The van der Waals surface area contributed by atoms with Crippen LogP contribution in [-0.2, 0) is 4.79 Å². The van der Waals surface area contributed by atoms with Crippen molar-refractivity contribution >= 4 is 11.5 Å². The summed E-state index contributed by atoms with van der Waals surface area (Å²) in [5.74, 6) is 2.34. The van der Waals surface area contributed by atoms with Crippen LogP contribution in [0.5, 0.6) is 0 Å². The highest BCUT2D eigenvalue weighted by atomic mass is 16.1. The highest BCUT2D eigenvalue weighted by molar-refractivity contribution is 5.93. The van der Waals surface area contributed by atoms with E-state index >= 15 is 0 Å². The van der Waals surface area contributed by atoms with Gasteiger partial charge in [-0.05, 0) is 129 Å². The van der Waals surface area contributed by atoms with E-state index in [1.54, 1.807) is 11.1 Å². The lowest BCUT2D eigenvalue weighted by Crippen LogP contribution is -2.56. The second-order valence-electron chi connectivity index (χ2n) is 12.8. The molecule has 1 N–H and O–H groups in total. The van der Waals surface area contributed by atoms with E-state index in [0.29, 0.717) is 35.0 Å². The summed E-state index contributed by atoms with van der Waals surface area (Å²) in [5.41, 5.74) is 8.36. The fourth-order valence-electron chi connectivity index (χ4n) is 9.65. The molecule has 5 atom stereocenters. The Labute approximate surface area is 211 Å². The van der Waals surface area contributed by atoms with Crippen LogP contribution in [0.25, 0.3) is 0 Å². The number of hydrogen-bond donors (Lipinski definition) is 1. The van der Waals surface area contributed by atoms with Crippen LogP contribution in [0.15, 0.2) is 47.1 Å². The van der Waals surface area contributed by atoms with Gasteiger partial charge in [0.15, 0.2) is 5.78 Å². The molecule has 2 saturated carbocycles. The SMILES string of the molecule is C[C@]12CC(c3ccc(N4CCCCC4)cc3)C3=C4CCC(=O)C=C4CC[C@H]3[C@@H]1CCC21CCCN1. The molecule has 3 heteroatoms. The van der Waals surface area contributed by atoms with Crippen molar-refractivity contribution in [2.45, 2.75) is 95.4 Å². The summed E-state index contributed by atoms with van der Waals surface area (Å²) in [5, 5.41) is 4.07. The molecule has 4 fully saturated rings. The van der Waals surface area contributed by atoms with E-state index in [9.17, 15) is 4.79 Å². The number of benzene rings is 1. The highest BCUT2D eigenvalue weighted by Crippen LogP contribution is 2.68. The van der Waals surface area contributed by atoms with Gasteiger partial charge in [0.1, 0.15) is 0 Å². The molecular formula is C32H42N2O. The second-order valence-corrected chi connectivity index (χ2v) is 12.8. The summed E-state index contributed by atoms with van der Waals surface area (Å²) >= 11 is 0. The molecule has 2 saturated heterocycles. The molecule has 35 heavy (non-hydrogen) atoms. The second kappa shape index (κ2) is 8.33. The van der Waals surface area contributed by atoms with Gasteiger partial charge in [-0.1, -0.05) is 24.6 Å². The van der Waals surface area contributed by atoms with Crippen LogP contribution in [0.2, 0.25) is 0 Å². The molecule has 2 aliphatic heterocycles. The number of nitrogens with zero attached hydrogens (tertiary/aromatic N) is 1. The van der Waals surface area contributed by atoms with E-state index in [-0.39, 0.29) is 0 Å². The molecule has 3 nitrogen and oxygen atoms in total. The number of allylic oxidation sites excluding steroid dienone is 4. The van der Waals surface area contributed by atoms with E-state index in [2.05, 4.69) is 41.4 Å². The smallest absolute Gasteiger partial charge is 0.156 e. The average molecular weight is 471 g/mol. The van der Waals surface area contributed by atoms with Crippen molar-refractivity contribution in [3.05, 3.63) is 52.6 Å². The Morgan fingerprint density at radius 3 is 2.54 bits per heavy atom. The number of anilines is 1. The molecule has 0 aromatic heterocycles. The van der Waals surface area contributed by atoms with E-state index in [1.165, 1.54) is 94.2 Å². The fourth-order valence-corrected chi connectivity index (χ4v) is 9.65. The van der Waals surface area contributed by atoms with Crippen molar-refractivity contribution in [3.8, 4) is 0 Å². The average Bonchev–Trinajstić information content (AvgIpc) is 3.49. The van der Waals surface area contributed by atoms with Crippen LogP contribution in [0, 0.1) is 17.3 Å². The third kappa shape index (κ3) is 3.36. The van der Waals surface area contributed by atoms with Gasteiger partial charge in [0.25, 0.3) is 0 Å². The van der Waals surface area contributed by atoms with Crippen molar-refractivity contribution in [2.75, 3.05) is 24.5 Å². The van der Waals surface area contributed by atoms with Gasteiger partial charge in [-0.3, -0.25) is 4.79 Å². The number of carbonyl (C=O) groups excluding carboxylic acids is 1. The zero-order chi connectivity index (χ0) is 23.6. The first-order chi connectivity index (χ1) is 17.1. The Bertz CT molecular complexity index is 1070. The number of piperidine rings is 1. The molecule has 2 heterocycles. The van der Waals surface area contributed by atoms with Crippen molar-refractivity contribution < 1.29 is 4.79 Å². The number of hydrogen-bond acceptors (Lipinski definition) is 3. The van der Waals surface area contributed by atoms with Gasteiger partial charge in [0.2, 0.25) is 0 Å². The van der Waals surface area contributed by atoms with Crippen molar-refractivity contribution in [3.63, 3.8) is 0 Å². The maximum absolute atomic E-state index is 12.3. The molecule has 1 aromatic rings. The number of fused-ring (bicyclic) bond motifs is 5. The molecule has 186 valence electrons. The summed E-state index contributed by atoms with van der Waals surface area (Å²) in [4.78, 5) is 14.9. The zero-order valence-electron chi connectivity index (χ0n) is 21.6. The maximum Gasteiger partial charge on any atom is 0.156 e. The lowest BCUT2D eigenvalue weighted by Gasteiger charge is -2.56. The molecular weight excluding hydrogens is 428 g/mol. The number of ketones is 1. The predicted octanol–water partition coefficient (Wildman–Crippen LogP) is 6.70. The highest BCUT2D eigenvalue weighted by Gasteiger charge is 2.63. The largest absolute Gasteiger partial charge is 0.372 e. The molecule has 0 bridgehead atoms. The minimum atomic E-state index is 0.346. The number of nitrogens with one attached hydrogen (secondary N) is 1. The van der Waals surface area contributed by atoms with E-state index in [0.717, 1.165) is 18.8 Å². The summed E-state index contributed by atoms with van der Waals surface area (Å²) in [6.45, 7) is 6.27. The number of carbonyl (C=O) groups is 1. The Balaban J connectivity index is 1.32. The molecule has 4 aliphatic carbocycles. The van der Waals surface area contributed by atoms with Crippen LogP contribution in [0.1, 0.15) is 95.5 Å². The maximum atomic E-state index is 12.3. The van der Waals surface area contributed by atoms with Crippen LogP contribution < -0.4 is 10.2 Å². The summed E-state index contributed by atoms with van der Waals surface area (Å²) in [7, 11) is 0. The van der Waals surface area contributed by atoms with Gasteiger partial charge in [0, 0.05) is 36.7 Å². The monoisotopic (exact) mass is 470 g/mol. The standard InChI is InChI=1S/C32H42N2O/c1-31-21-28(22-6-9-24(10-7-22)34-18-3-2-4-19-34)30-26-13-11-25(35)20-23(26)8-12-27(30)29(31)14-16-32(31)15-5-17-33-32/h6-7,9-10,20,27-29,33H,2-5,8,11-19,21H2,1H3/t27-,28?,29-,31-,32?/m0/s1. The molecule has 0 radical (unpaired) electrons. The Morgan fingerprint density at radius 2 is 1.77 bits per heavy atom. The predicted molar refractivity (Wildman–Crippen MR) is 143 cm³/mol. The molecule has 6 aliphatic rings. The first-order valence-corrected chi connectivity index (χ1v) is 14.6. The third-order valence-corrected chi connectivity index (χ3v) is 11.4. The van der Waals surface area contributed by atoms with Gasteiger partial charge in [0.05, 0.1) is 0 Å². The minimum Gasteiger partial charge on any atom is -0.372 e. The lowest BCUT2D eigenvalue weighted by molar-refractivity contribution is -0.114. The van der Waals surface area contributed by atoms with Crippen molar-refractivity contribution in [1.82, 2.24) is 5.32 Å². The Hall–Kier alpha value is -1.87. The van der Waals surface area contributed by atoms with Crippen LogP contribution in [0.3, 0.4) is 0 Å².